The van der Waals surface area contributed by atoms with E-state index in [1.807, 2.05) is 11.7 Å². The van der Waals surface area contributed by atoms with Crippen molar-refractivity contribution >= 4 is 10.9 Å². The van der Waals surface area contributed by atoms with Crippen LogP contribution in [-0.2, 0) is 13.5 Å². The summed E-state index contributed by atoms with van der Waals surface area (Å²) in [5, 5.41) is 9.49. The largest absolute Gasteiger partial charge is 0.314 e. The molecule has 1 N–H and O–H groups in total. The zero-order valence-corrected chi connectivity index (χ0v) is 12.3. The minimum absolute atomic E-state index is 0.606. The molecule has 0 aliphatic rings. The SMILES string of the molecule is CCCNC(C)CCCc1nn(C)c2ccccc12. The van der Waals surface area contributed by atoms with Crippen LogP contribution in [0.5, 0.6) is 0 Å². The van der Waals surface area contributed by atoms with E-state index < -0.39 is 0 Å². The van der Waals surface area contributed by atoms with E-state index in [1.165, 1.54) is 35.9 Å². The Bertz CT molecular complexity index is 516. The summed E-state index contributed by atoms with van der Waals surface area (Å²) in [6, 6.07) is 9.09. The summed E-state index contributed by atoms with van der Waals surface area (Å²) in [6.07, 6.45) is 4.68. The summed E-state index contributed by atoms with van der Waals surface area (Å²) in [5.74, 6) is 0. The van der Waals surface area contributed by atoms with Crippen LogP contribution < -0.4 is 5.32 Å². The van der Waals surface area contributed by atoms with Gasteiger partial charge in [0.15, 0.2) is 0 Å². The zero-order valence-electron chi connectivity index (χ0n) is 12.3. The number of benzene rings is 1. The molecule has 19 heavy (non-hydrogen) atoms. The fourth-order valence-corrected chi connectivity index (χ4v) is 2.54. The summed E-state index contributed by atoms with van der Waals surface area (Å²) in [6.45, 7) is 5.60. The Kier molecular flexibility index (Phi) is 4.97. The van der Waals surface area contributed by atoms with Gasteiger partial charge in [-0.05, 0) is 45.2 Å². The second-order valence-electron chi connectivity index (χ2n) is 5.33. The molecule has 0 saturated carbocycles. The first-order chi connectivity index (χ1) is 9.22. The fraction of sp³-hybridized carbons (Fsp3) is 0.562. The highest BCUT2D eigenvalue weighted by molar-refractivity contribution is 5.81. The van der Waals surface area contributed by atoms with Gasteiger partial charge >= 0.3 is 0 Å². The Morgan fingerprint density at radius 1 is 1.32 bits per heavy atom. The van der Waals surface area contributed by atoms with Crippen molar-refractivity contribution in [3.05, 3.63) is 30.0 Å². The van der Waals surface area contributed by atoms with Crippen molar-refractivity contribution < 1.29 is 0 Å². The third-order valence-electron chi connectivity index (χ3n) is 3.63. The summed E-state index contributed by atoms with van der Waals surface area (Å²) >= 11 is 0. The normalized spacial score (nSPS) is 13.0. The minimum Gasteiger partial charge on any atom is -0.314 e. The summed E-state index contributed by atoms with van der Waals surface area (Å²) < 4.78 is 1.99. The molecule has 1 atom stereocenters. The Labute approximate surface area is 116 Å². The minimum atomic E-state index is 0.606. The summed E-state index contributed by atoms with van der Waals surface area (Å²) in [4.78, 5) is 0. The van der Waals surface area contributed by atoms with E-state index in [0.717, 1.165) is 13.0 Å². The van der Waals surface area contributed by atoms with Crippen molar-refractivity contribution in [3.63, 3.8) is 0 Å². The molecule has 0 aliphatic heterocycles. The van der Waals surface area contributed by atoms with Gasteiger partial charge in [-0.2, -0.15) is 5.10 Å². The molecule has 2 aromatic rings. The van der Waals surface area contributed by atoms with Crippen LogP contribution >= 0.6 is 0 Å². The lowest BCUT2D eigenvalue weighted by Gasteiger charge is -2.12. The maximum atomic E-state index is 4.65. The van der Waals surface area contributed by atoms with E-state index in [-0.39, 0.29) is 0 Å². The molecule has 0 fully saturated rings. The van der Waals surface area contributed by atoms with Crippen molar-refractivity contribution in [2.75, 3.05) is 6.54 Å². The Morgan fingerprint density at radius 2 is 2.11 bits per heavy atom. The van der Waals surface area contributed by atoms with Crippen LogP contribution in [0.3, 0.4) is 0 Å². The van der Waals surface area contributed by atoms with Crippen LogP contribution in [0.2, 0.25) is 0 Å². The molecule has 0 radical (unpaired) electrons. The second kappa shape index (κ2) is 6.71. The topological polar surface area (TPSA) is 29.9 Å². The number of fused-ring (bicyclic) bond motifs is 1. The second-order valence-corrected chi connectivity index (χ2v) is 5.33. The van der Waals surface area contributed by atoms with Crippen LogP contribution in [0, 0.1) is 0 Å². The highest BCUT2D eigenvalue weighted by atomic mass is 15.3. The maximum absolute atomic E-state index is 4.65. The van der Waals surface area contributed by atoms with Gasteiger partial charge in [-0.1, -0.05) is 25.1 Å². The van der Waals surface area contributed by atoms with Crippen LogP contribution in [0.4, 0.5) is 0 Å². The molecule has 1 aromatic carbocycles. The highest BCUT2D eigenvalue weighted by Crippen LogP contribution is 2.19. The van der Waals surface area contributed by atoms with E-state index in [2.05, 4.69) is 48.5 Å². The first kappa shape index (κ1) is 14.1. The molecule has 2 rings (SSSR count). The van der Waals surface area contributed by atoms with Gasteiger partial charge in [0, 0.05) is 18.5 Å². The third-order valence-corrected chi connectivity index (χ3v) is 3.63. The summed E-state index contributed by atoms with van der Waals surface area (Å²) in [7, 11) is 2.03. The molecule has 0 spiro atoms. The standard InChI is InChI=1S/C16H25N3/c1-4-12-17-13(2)8-7-10-15-14-9-5-6-11-16(14)19(3)18-15/h5-6,9,11,13,17H,4,7-8,10,12H2,1-3H3. The molecule has 0 amide bonds. The Balaban J connectivity index is 1.91. The number of hydrogen-bond acceptors (Lipinski definition) is 2. The van der Waals surface area contributed by atoms with Crippen molar-refractivity contribution in [2.24, 2.45) is 7.05 Å². The lowest BCUT2D eigenvalue weighted by atomic mass is 10.1. The number of aryl methyl sites for hydroxylation is 2. The van der Waals surface area contributed by atoms with E-state index in [0.29, 0.717) is 6.04 Å². The molecule has 1 heterocycles. The number of nitrogens with zero attached hydrogens (tertiary/aromatic N) is 2. The molecule has 104 valence electrons. The molecular weight excluding hydrogens is 234 g/mol. The van der Waals surface area contributed by atoms with Crippen molar-refractivity contribution in [1.29, 1.82) is 0 Å². The van der Waals surface area contributed by atoms with Gasteiger partial charge in [0.1, 0.15) is 0 Å². The van der Waals surface area contributed by atoms with E-state index in [1.54, 1.807) is 0 Å². The van der Waals surface area contributed by atoms with Gasteiger partial charge in [-0.3, -0.25) is 4.68 Å². The van der Waals surface area contributed by atoms with Crippen molar-refractivity contribution in [1.82, 2.24) is 15.1 Å². The van der Waals surface area contributed by atoms with Crippen LogP contribution in [0.15, 0.2) is 24.3 Å². The molecule has 0 saturated heterocycles. The Morgan fingerprint density at radius 3 is 2.89 bits per heavy atom. The van der Waals surface area contributed by atoms with Gasteiger partial charge < -0.3 is 5.32 Å². The smallest absolute Gasteiger partial charge is 0.0703 e. The summed E-state index contributed by atoms with van der Waals surface area (Å²) in [5.41, 5.74) is 2.47. The predicted molar refractivity (Wildman–Crippen MR) is 81.4 cm³/mol. The average molecular weight is 259 g/mol. The number of hydrogen-bond donors (Lipinski definition) is 1. The lowest BCUT2D eigenvalue weighted by Crippen LogP contribution is -2.26. The van der Waals surface area contributed by atoms with Crippen molar-refractivity contribution in [2.45, 2.75) is 45.6 Å². The first-order valence-corrected chi connectivity index (χ1v) is 7.36. The monoisotopic (exact) mass is 259 g/mol. The molecule has 1 unspecified atom stereocenters. The van der Waals surface area contributed by atoms with Gasteiger partial charge in [0.25, 0.3) is 0 Å². The fourth-order valence-electron chi connectivity index (χ4n) is 2.54. The van der Waals surface area contributed by atoms with Crippen LogP contribution in [0.25, 0.3) is 10.9 Å². The lowest BCUT2D eigenvalue weighted by molar-refractivity contribution is 0.496. The number of nitrogens with one attached hydrogen (secondary N) is 1. The quantitative estimate of drug-likeness (QED) is 0.827. The van der Waals surface area contributed by atoms with E-state index >= 15 is 0 Å². The predicted octanol–water partition coefficient (Wildman–Crippen LogP) is 3.28. The maximum Gasteiger partial charge on any atom is 0.0703 e. The molecular formula is C16H25N3. The van der Waals surface area contributed by atoms with E-state index in [4.69, 9.17) is 0 Å². The van der Waals surface area contributed by atoms with Crippen molar-refractivity contribution in [3.8, 4) is 0 Å². The number of rotatable bonds is 7. The first-order valence-electron chi connectivity index (χ1n) is 7.36. The number of aromatic nitrogens is 2. The number of para-hydroxylation sites is 1. The van der Waals surface area contributed by atoms with Gasteiger partial charge in [0.05, 0.1) is 11.2 Å². The Hall–Kier alpha value is -1.35. The molecule has 1 aromatic heterocycles. The van der Waals surface area contributed by atoms with Gasteiger partial charge in [-0.25, -0.2) is 0 Å². The average Bonchev–Trinajstić information content (AvgIpc) is 2.74. The highest BCUT2D eigenvalue weighted by Gasteiger charge is 2.08. The zero-order chi connectivity index (χ0) is 13.7. The van der Waals surface area contributed by atoms with E-state index in [9.17, 15) is 0 Å². The van der Waals surface area contributed by atoms with Crippen LogP contribution in [0.1, 0.15) is 38.8 Å². The molecule has 0 aliphatic carbocycles. The molecule has 3 nitrogen and oxygen atoms in total. The molecule has 3 heteroatoms. The van der Waals surface area contributed by atoms with Crippen LogP contribution in [-0.4, -0.2) is 22.4 Å². The third kappa shape index (κ3) is 3.57. The van der Waals surface area contributed by atoms with Gasteiger partial charge in [-0.15, -0.1) is 0 Å². The molecule has 0 bridgehead atoms. The van der Waals surface area contributed by atoms with Gasteiger partial charge in [0.2, 0.25) is 0 Å².